The number of hydrogen-bond donors (Lipinski definition) is 2. The fourth-order valence-corrected chi connectivity index (χ4v) is 5.97. The van der Waals surface area contributed by atoms with Gasteiger partial charge in [0.05, 0.1) is 24.4 Å². The molecule has 1 aliphatic heterocycles. The van der Waals surface area contributed by atoms with E-state index < -0.39 is 0 Å². The molecule has 168 valence electrons. The van der Waals surface area contributed by atoms with E-state index in [9.17, 15) is 9.59 Å². The largest absolute Gasteiger partial charge is 0.464 e. The van der Waals surface area contributed by atoms with E-state index in [0.29, 0.717) is 17.1 Å². The van der Waals surface area contributed by atoms with Gasteiger partial charge in [0, 0.05) is 29.0 Å². The Balaban J connectivity index is 1.35. The number of furan rings is 1. The number of hydrogen-bond acceptors (Lipinski definition) is 5. The molecule has 1 saturated heterocycles. The van der Waals surface area contributed by atoms with Crippen LogP contribution in [0.5, 0.6) is 0 Å². The highest BCUT2D eigenvalue weighted by Crippen LogP contribution is 2.38. The van der Waals surface area contributed by atoms with Gasteiger partial charge in [-0.2, -0.15) is 0 Å². The van der Waals surface area contributed by atoms with Crippen LogP contribution in [0.3, 0.4) is 0 Å². The van der Waals surface area contributed by atoms with Gasteiger partial charge in [-0.05, 0) is 63.1 Å². The third-order valence-electron chi connectivity index (χ3n) is 6.33. The Morgan fingerprint density at radius 1 is 1.19 bits per heavy atom. The van der Waals surface area contributed by atoms with Crippen molar-refractivity contribution in [3.05, 3.63) is 51.6 Å². The molecule has 0 bridgehead atoms. The summed E-state index contributed by atoms with van der Waals surface area (Å²) in [6, 6.07) is 5.96. The SMILES string of the molecule is Cc1ccc2occ(CC(=O)Nc3sc4c(c3C(=O)NC[C@@H]3CCCO3)CCCC4)c2c1. The van der Waals surface area contributed by atoms with Crippen LogP contribution in [0, 0.1) is 6.92 Å². The second-order valence-electron chi connectivity index (χ2n) is 8.75. The number of carbonyl (C=O) groups is 2. The van der Waals surface area contributed by atoms with Crippen molar-refractivity contribution >= 4 is 39.1 Å². The minimum Gasteiger partial charge on any atom is -0.464 e. The highest BCUT2D eigenvalue weighted by atomic mass is 32.1. The molecular formula is C25H28N2O4S. The van der Waals surface area contributed by atoms with Crippen LogP contribution in [0.2, 0.25) is 0 Å². The summed E-state index contributed by atoms with van der Waals surface area (Å²) >= 11 is 1.55. The van der Waals surface area contributed by atoms with Gasteiger partial charge in [-0.25, -0.2) is 0 Å². The van der Waals surface area contributed by atoms with Gasteiger partial charge >= 0.3 is 0 Å². The number of aryl methyl sites for hydroxylation is 2. The summed E-state index contributed by atoms with van der Waals surface area (Å²) in [6.07, 6.45) is 8.01. The average molecular weight is 453 g/mol. The van der Waals surface area contributed by atoms with E-state index in [1.54, 1.807) is 17.6 Å². The van der Waals surface area contributed by atoms with Gasteiger partial charge in [0.25, 0.3) is 5.91 Å². The highest BCUT2D eigenvalue weighted by molar-refractivity contribution is 7.17. The van der Waals surface area contributed by atoms with Gasteiger partial charge in [-0.15, -0.1) is 11.3 Å². The van der Waals surface area contributed by atoms with Crippen molar-refractivity contribution in [3.63, 3.8) is 0 Å². The first kappa shape index (κ1) is 21.2. The molecule has 0 radical (unpaired) electrons. The zero-order valence-corrected chi connectivity index (χ0v) is 19.1. The number of nitrogens with one attached hydrogen (secondary N) is 2. The first-order valence-electron chi connectivity index (χ1n) is 11.4. The average Bonchev–Trinajstić information content (AvgIpc) is 3.51. The van der Waals surface area contributed by atoms with Gasteiger partial charge in [0.1, 0.15) is 10.6 Å². The van der Waals surface area contributed by atoms with Crippen molar-refractivity contribution in [1.29, 1.82) is 0 Å². The molecule has 32 heavy (non-hydrogen) atoms. The topological polar surface area (TPSA) is 80.6 Å². The molecule has 1 aliphatic carbocycles. The predicted octanol–water partition coefficient (Wildman–Crippen LogP) is 4.77. The zero-order chi connectivity index (χ0) is 22.1. The molecule has 3 heterocycles. The first-order chi connectivity index (χ1) is 15.6. The third-order valence-corrected chi connectivity index (χ3v) is 7.53. The Kier molecular flexibility index (Phi) is 6.02. The van der Waals surface area contributed by atoms with Gasteiger partial charge in [-0.3, -0.25) is 9.59 Å². The second kappa shape index (κ2) is 9.08. The van der Waals surface area contributed by atoms with Crippen molar-refractivity contribution in [2.75, 3.05) is 18.5 Å². The van der Waals surface area contributed by atoms with Gasteiger partial charge in [0.2, 0.25) is 5.91 Å². The third kappa shape index (κ3) is 4.32. The van der Waals surface area contributed by atoms with E-state index in [4.69, 9.17) is 9.15 Å². The summed E-state index contributed by atoms with van der Waals surface area (Å²) in [5, 5.41) is 7.70. The monoisotopic (exact) mass is 452 g/mol. The minimum atomic E-state index is -0.138. The summed E-state index contributed by atoms with van der Waals surface area (Å²) in [6.45, 7) is 3.29. The van der Waals surface area contributed by atoms with Gasteiger partial charge in [-0.1, -0.05) is 11.6 Å². The molecule has 0 spiro atoms. The number of ether oxygens (including phenoxy) is 1. The lowest BCUT2D eigenvalue weighted by Crippen LogP contribution is -2.32. The van der Waals surface area contributed by atoms with Crippen molar-refractivity contribution in [1.82, 2.24) is 5.32 Å². The Morgan fingerprint density at radius 2 is 2.06 bits per heavy atom. The molecule has 2 N–H and O–H groups in total. The summed E-state index contributed by atoms with van der Waals surface area (Å²) < 4.78 is 11.3. The van der Waals surface area contributed by atoms with Crippen molar-refractivity contribution < 1.29 is 18.7 Å². The standard InChI is InChI=1S/C25H28N2O4S/c1-15-8-9-20-19(11-15)16(14-31-20)12-22(28)27-25-23(18-6-2-3-7-21(18)32-25)24(29)26-13-17-5-4-10-30-17/h8-9,11,14,17H,2-7,10,12-13H2,1H3,(H,26,29)(H,27,28)/t17-/m0/s1. The number of rotatable bonds is 6. The van der Waals surface area contributed by atoms with Crippen LogP contribution < -0.4 is 10.6 Å². The van der Waals surface area contributed by atoms with E-state index in [1.165, 1.54) is 4.88 Å². The number of anilines is 1. The number of carbonyl (C=O) groups excluding carboxylic acids is 2. The van der Waals surface area contributed by atoms with Crippen LogP contribution in [0.25, 0.3) is 11.0 Å². The fraction of sp³-hybridized carbons (Fsp3) is 0.440. The van der Waals surface area contributed by atoms with E-state index in [-0.39, 0.29) is 24.3 Å². The van der Waals surface area contributed by atoms with Gasteiger partial charge in [0.15, 0.2) is 0 Å². The highest BCUT2D eigenvalue weighted by Gasteiger charge is 2.27. The Bertz CT molecular complexity index is 1160. The Morgan fingerprint density at radius 3 is 2.91 bits per heavy atom. The van der Waals surface area contributed by atoms with E-state index in [0.717, 1.165) is 72.8 Å². The summed E-state index contributed by atoms with van der Waals surface area (Å²) in [4.78, 5) is 27.3. The molecular weight excluding hydrogens is 424 g/mol. The molecule has 1 atom stereocenters. The molecule has 3 aromatic rings. The first-order valence-corrected chi connectivity index (χ1v) is 12.2. The summed E-state index contributed by atoms with van der Waals surface area (Å²) in [5.41, 5.74) is 4.50. The van der Waals surface area contributed by atoms with E-state index in [1.807, 2.05) is 25.1 Å². The lowest BCUT2D eigenvalue weighted by molar-refractivity contribution is -0.115. The van der Waals surface area contributed by atoms with E-state index >= 15 is 0 Å². The van der Waals surface area contributed by atoms with Crippen LogP contribution in [0.1, 0.15) is 57.6 Å². The van der Waals surface area contributed by atoms with Crippen molar-refractivity contribution in [2.24, 2.45) is 0 Å². The normalized spacial score (nSPS) is 18.0. The molecule has 5 rings (SSSR count). The molecule has 1 fully saturated rings. The van der Waals surface area contributed by atoms with Crippen LogP contribution in [0.4, 0.5) is 5.00 Å². The molecule has 1 aromatic carbocycles. The maximum absolute atomic E-state index is 13.1. The lowest BCUT2D eigenvalue weighted by atomic mass is 9.95. The number of thiophene rings is 1. The molecule has 2 aromatic heterocycles. The maximum atomic E-state index is 13.1. The van der Waals surface area contributed by atoms with E-state index in [2.05, 4.69) is 10.6 Å². The zero-order valence-electron chi connectivity index (χ0n) is 18.3. The molecule has 2 aliphatic rings. The minimum absolute atomic E-state index is 0.0873. The molecule has 7 heteroatoms. The number of amides is 2. The van der Waals surface area contributed by atoms with Crippen LogP contribution in [0.15, 0.2) is 28.9 Å². The second-order valence-corrected chi connectivity index (χ2v) is 9.85. The Hall–Kier alpha value is -2.64. The van der Waals surface area contributed by atoms with Gasteiger partial charge < -0.3 is 19.8 Å². The van der Waals surface area contributed by atoms with Crippen molar-refractivity contribution in [2.45, 2.75) is 58.0 Å². The summed E-state index contributed by atoms with van der Waals surface area (Å²) in [7, 11) is 0. The van der Waals surface area contributed by atoms with Crippen LogP contribution in [-0.2, 0) is 28.8 Å². The molecule has 0 unspecified atom stereocenters. The number of fused-ring (bicyclic) bond motifs is 2. The molecule has 6 nitrogen and oxygen atoms in total. The Labute approximate surface area is 191 Å². The predicted molar refractivity (Wildman–Crippen MR) is 126 cm³/mol. The smallest absolute Gasteiger partial charge is 0.254 e. The van der Waals surface area contributed by atoms with Crippen molar-refractivity contribution in [3.8, 4) is 0 Å². The lowest BCUT2D eigenvalue weighted by Gasteiger charge is -2.15. The van der Waals surface area contributed by atoms with Crippen LogP contribution >= 0.6 is 11.3 Å². The maximum Gasteiger partial charge on any atom is 0.254 e. The number of benzene rings is 1. The molecule has 2 amide bonds. The van der Waals surface area contributed by atoms with Crippen LogP contribution in [-0.4, -0.2) is 31.1 Å². The summed E-state index contributed by atoms with van der Waals surface area (Å²) in [5.74, 6) is -0.249. The quantitative estimate of drug-likeness (QED) is 0.564. The molecule has 0 saturated carbocycles. The fourth-order valence-electron chi connectivity index (χ4n) is 4.67.